The van der Waals surface area contributed by atoms with Gasteiger partial charge in [-0.1, -0.05) is 30.3 Å². The van der Waals surface area contributed by atoms with Gasteiger partial charge in [-0.2, -0.15) is 0 Å². The second-order valence-corrected chi connectivity index (χ2v) is 4.96. The standard InChI is InChI=1S/C14H14N2O2S/c1-10(16-14(18)12-8-19-9-15-12)7-13(17)11-5-3-2-4-6-11/h2-6,8-10H,7H2,1H3,(H,16,18). The number of benzene rings is 1. The van der Waals surface area contributed by atoms with E-state index in [1.807, 2.05) is 25.1 Å². The van der Waals surface area contributed by atoms with E-state index in [2.05, 4.69) is 10.3 Å². The average Bonchev–Trinajstić information content (AvgIpc) is 2.93. The number of aromatic nitrogens is 1. The van der Waals surface area contributed by atoms with E-state index in [0.29, 0.717) is 11.3 Å². The number of hydrogen-bond donors (Lipinski definition) is 1. The Morgan fingerprint density at radius 2 is 2.05 bits per heavy atom. The van der Waals surface area contributed by atoms with E-state index in [1.54, 1.807) is 23.0 Å². The molecule has 0 fully saturated rings. The third-order valence-electron chi connectivity index (χ3n) is 2.63. The van der Waals surface area contributed by atoms with Crippen LogP contribution in [0.2, 0.25) is 0 Å². The molecule has 1 atom stereocenters. The van der Waals surface area contributed by atoms with Crippen LogP contribution in [0.4, 0.5) is 0 Å². The third-order valence-corrected chi connectivity index (χ3v) is 3.22. The first-order valence-corrected chi connectivity index (χ1v) is 6.88. The second-order valence-electron chi connectivity index (χ2n) is 4.24. The largest absolute Gasteiger partial charge is 0.348 e. The number of carbonyl (C=O) groups is 2. The summed E-state index contributed by atoms with van der Waals surface area (Å²) in [7, 11) is 0. The smallest absolute Gasteiger partial charge is 0.270 e. The molecule has 0 aliphatic carbocycles. The van der Waals surface area contributed by atoms with Gasteiger partial charge >= 0.3 is 0 Å². The number of amides is 1. The van der Waals surface area contributed by atoms with Gasteiger partial charge in [0.15, 0.2) is 5.78 Å². The Morgan fingerprint density at radius 1 is 1.32 bits per heavy atom. The number of rotatable bonds is 5. The second kappa shape index (κ2) is 6.24. The van der Waals surface area contributed by atoms with Gasteiger partial charge < -0.3 is 5.32 Å². The van der Waals surface area contributed by atoms with Crippen molar-refractivity contribution in [2.24, 2.45) is 0 Å². The molecule has 1 unspecified atom stereocenters. The molecule has 5 heteroatoms. The van der Waals surface area contributed by atoms with Crippen LogP contribution < -0.4 is 5.32 Å². The number of hydrogen-bond acceptors (Lipinski definition) is 4. The lowest BCUT2D eigenvalue weighted by Crippen LogP contribution is -2.34. The fourth-order valence-corrected chi connectivity index (χ4v) is 2.23. The molecule has 19 heavy (non-hydrogen) atoms. The van der Waals surface area contributed by atoms with Crippen molar-refractivity contribution in [3.8, 4) is 0 Å². The van der Waals surface area contributed by atoms with Crippen molar-refractivity contribution in [3.05, 3.63) is 52.5 Å². The zero-order valence-electron chi connectivity index (χ0n) is 10.5. The molecule has 98 valence electrons. The van der Waals surface area contributed by atoms with Gasteiger partial charge in [0, 0.05) is 23.4 Å². The molecule has 1 amide bonds. The van der Waals surface area contributed by atoms with Crippen molar-refractivity contribution >= 4 is 23.0 Å². The molecule has 2 aromatic rings. The molecule has 4 nitrogen and oxygen atoms in total. The Bertz CT molecular complexity index is 552. The van der Waals surface area contributed by atoms with E-state index in [0.717, 1.165) is 0 Å². The number of nitrogens with zero attached hydrogens (tertiary/aromatic N) is 1. The van der Waals surface area contributed by atoms with Crippen LogP contribution >= 0.6 is 11.3 Å². The normalized spacial score (nSPS) is 11.8. The molecule has 0 bridgehead atoms. The molecular formula is C14H14N2O2S. The maximum Gasteiger partial charge on any atom is 0.270 e. The van der Waals surface area contributed by atoms with Crippen molar-refractivity contribution in [1.29, 1.82) is 0 Å². The lowest BCUT2D eigenvalue weighted by molar-refractivity contribution is 0.0915. The van der Waals surface area contributed by atoms with Crippen LogP contribution in [0.1, 0.15) is 34.2 Å². The maximum absolute atomic E-state index is 12.0. The van der Waals surface area contributed by atoms with Gasteiger partial charge in [-0.3, -0.25) is 9.59 Å². The SMILES string of the molecule is CC(CC(=O)c1ccccc1)NC(=O)c1cscn1. The molecule has 2 rings (SSSR count). The van der Waals surface area contributed by atoms with E-state index in [1.165, 1.54) is 11.3 Å². The number of ketones is 1. The maximum atomic E-state index is 12.0. The minimum Gasteiger partial charge on any atom is -0.348 e. The van der Waals surface area contributed by atoms with E-state index < -0.39 is 0 Å². The van der Waals surface area contributed by atoms with Gasteiger partial charge in [0.25, 0.3) is 5.91 Å². The highest BCUT2D eigenvalue weighted by Crippen LogP contribution is 2.06. The molecular weight excluding hydrogens is 260 g/mol. The van der Waals surface area contributed by atoms with Crippen LogP contribution in [0.5, 0.6) is 0 Å². The highest BCUT2D eigenvalue weighted by atomic mass is 32.1. The third kappa shape index (κ3) is 3.72. The Kier molecular flexibility index (Phi) is 4.41. The predicted octanol–water partition coefficient (Wildman–Crippen LogP) is 2.53. The molecule has 0 aliphatic rings. The van der Waals surface area contributed by atoms with Crippen molar-refractivity contribution in [1.82, 2.24) is 10.3 Å². The molecule has 0 aliphatic heterocycles. The lowest BCUT2D eigenvalue weighted by Gasteiger charge is -2.12. The predicted molar refractivity (Wildman–Crippen MR) is 74.4 cm³/mol. The van der Waals surface area contributed by atoms with E-state index in [-0.39, 0.29) is 24.2 Å². The zero-order chi connectivity index (χ0) is 13.7. The Labute approximate surface area is 115 Å². The summed E-state index contributed by atoms with van der Waals surface area (Å²) in [6.45, 7) is 1.81. The summed E-state index contributed by atoms with van der Waals surface area (Å²) in [5.74, 6) is -0.221. The summed E-state index contributed by atoms with van der Waals surface area (Å²) in [6, 6.07) is 8.85. The summed E-state index contributed by atoms with van der Waals surface area (Å²) in [4.78, 5) is 27.6. The van der Waals surface area contributed by atoms with Crippen LogP contribution in [0, 0.1) is 0 Å². The molecule has 1 heterocycles. The Hall–Kier alpha value is -2.01. The summed E-state index contributed by atoms with van der Waals surface area (Å²) in [6.07, 6.45) is 0.278. The van der Waals surface area contributed by atoms with Crippen LogP contribution in [0.25, 0.3) is 0 Å². The summed E-state index contributed by atoms with van der Waals surface area (Å²) in [5, 5.41) is 4.45. The number of carbonyl (C=O) groups excluding carboxylic acids is 2. The number of nitrogens with one attached hydrogen (secondary N) is 1. The molecule has 0 saturated carbocycles. The molecule has 1 aromatic carbocycles. The van der Waals surface area contributed by atoms with Crippen LogP contribution in [-0.4, -0.2) is 22.7 Å². The first kappa shape index (κ1) is 13.4. The topological polar surface area (TPSA) is 59.1 Å². The lowest BCUT2D eigenvalue weighted by atomic mass is 10.0. The molecule has 0 spiro atoms. The van der Waals surface area contributed by atoms with Crippen molar-refractivity contribution in [3.63, 3.8) is 0 Å². The minimum atomic E-state index is -0.241. The Morgan fingerprint density at radius 3 is 2.68 bits per heavy atom. The summed E-state index contributed by atoms with van der Waals surface area (Å²) < 4.78 is 0. The van der Waals surface area contributed by atoms with Crippen molar-refractivity contribution in [2.45, 2.75) is 19.4 Å². The van der Waals surface area contributed by atoms with E-state index in [9.17, 15) is 9.59 Å². The van der Waals surface area contributed by atoms with Gasteiger partial charge in [0.2, 0.25) is 0 Å². The fourth-order valence-electron chi connectivity index (χ4n) is 1.69. The quantitative estimate of drug-likeness (QED) is 0.852. The van der Waals surface area contributed by atoms with Gasteiger partial charge in [0.05, 0.1) is 5.51 Å². The first-order valence-electron chi connectivity index (χ1n) is 5.94. The molecule has 1 N–H and O–H groups in total. The highest BCUT2D eigenvalue weighted by Gasteiger charge is 2.15. The van der Waals surface area contributed by atoms with Crippen LogP contribution in [0.15, 0.2) is 41.2 Å². The fraction of sp³-hybridized carbons (Fsp3) is 0.214. The summed E-state index contributed by atoms with van der Waals surface area (Å²) >= 11 is 1.37. The molecule has 0 radical (unpaired) electrons. The minimum absolute atomic E-state index is 0.0201. The van der Waals surface area contributed by atoms with Crippen LogP contribution in [0.3, 0.4) is 0 Å². The molecule has 1 aromatic heterocycles. The highest BCUT2D eigenvalue weighted by molar-refractivity contribution is 7.07. The zero-order valence-corrected chi connectivity index (χ0v) is 11.3. The monoisotopic (exact) mass is 274 g/mol. The van der Waals surface area contributed by atoms with Crippen molar-refractivity contribution < 1.29 is 9.59 Å². The Balaban J connectivity index is 1.90. The van der Waals surface area contributed by atoms with Gasteiger partial charge in [-0.15, -0.1) is 11.3 Å². The molecule has 0 saturated heterocycles. The van der Waals surface area contributed by atoms with Crippen molar-refractivity contribution in [2.75, 3.05) is 0 Å². The van der Waals surface area contributed by atoms with E-state index in [4.69, 9.17) is 0 Å². The van der Waals surface area contributed by atoms with E-state index >= 15 is 0 Å². The average molecular weight is 274 g/mol. The first-order chi connectivity index (χ1) is 9.16. The van der Waals surface area contributed by atoms with Gasteiger partial charge in [-0.25, -0.2) is 4.98 Å². The van der Waals surface area contributed by atoms with Gasteiger partial charge in [0.1, 0.15) is 5.69 Å². The number of thiazole rings is 1. The number of Topliss-reactive ketones (excluding diaryl/α,β-unsaturated/α-hetero) is 1. The van der Waals surface area contributed by atoms with Crippen LogP contribution in [-0.2, 0) is 0 Å². The van der Waals surface area contributed by atoms with Gasteiger partial charge in [-0.05, 0) is 6.92 Å². The summed E-state index contributed by atoms with van der Waals surface area (Å²) in [5.41, 5.74) is 2.66.